The third-order valence-electron chi connectivity index (χ3n) is 11.5. The van der Waals surface area contributed by atoms with Crippen molar-refractivity contribution in [3.05, 3.63) is 108 Å². The molecule has 3 aromatic rings. The number of fused-ring (bicyclic) bond motifs is 5. The third-order valence-corrected chi connectivity index (χ3v) is 11.5. The van der Waals surface area contributed by atoms with Gasteiger partial charge in [-0.15, -0.1) is 0 Å². The molecule has 9 nitrogen and oxygen atoms in total. The van der Waals surface area contributed by atoms with E-state index < -0.39 is 17.6 Å². The Morgan fingerprint density at radius 3 is 1.98 bits per heavy atom. The van der Waals surface area contributed by atoms with Crippen molar-refractivity contribution >= 4 is 12.0 Å². The Labute approximate surface area is 289 Å². The van der Waals surface area contributed by atoms with Crippen molar-refractivity contribution in [3.8, 4) is 0 Å². The molecule has 0 radical (unpaired) electrons. The smallest absolute Gasteiger partial charge is 0.316 e. The largest absolute Gasteiger partial charge is 0.462 e. The van der Waals surface area contributed by atoms with Crippen LogP contribution in [0.15, 0.2) is 91.0 Å². The lowest BCUT2D eigenvalue weighted by molar-refractivity contribution is -0.157. The summed E-state index contributed by atoms with van der Waals surface area (Å²) < 4.78 is 12.0. The number of aliphatic hydroxyl groups excluding tert-OH is 1. The van der Waals surface area contributed by atoms with E-state index in [9.17, 15) is 19.8 Å². The van der Waals surface area contributed by atoms with E-state index in [1.807, 2.05) is 97.9 Å². The lowest BCUT2D eigenvalue weighted by Gasteiger charge is -2.41. The number of carbonyl (C=O) groups is 2. The number of rotatable bonds is 12. The van der Waals surface area contributed by atoms with E-state index in [1.165, 1.54) is 0 Å². The van der Waals surface area contributed by atoms with Crippen LogP contribution < -0.4 is 10.6 Å². The number of epoxide rings is 1. The quantitative estimate of drug-likeness (QED) is 0.161. The highest BCUT2D eigenvalue weighted by molar-refractivity contribution is 5.78. The van der Waals surface area contributed by atoms with E-state index in [2.05, 4.69) is 15.5 Å². The third kappa shape index (κ3) is 7.13. The molecule has 49 heavy (non-hydrogen) atoms. The highest BCUT2D eigenvalue weighted by atomic mass is 16.6. The first-order valence-electron chi connectivity index (χ1n) is 18.0. The molecule has 260 valence electrons. The molecule has 0 spiro atoms. The second-order valence-corrected chi connectivity index (χ2v) is 14.5. The summed E-state index contributed by atoms with van der Waals surface area (Å²) >= 11 is 0. The molecule has 2 unspecified atom stereocenters. The summed E-state index contributed by atoms with van der Waals surface area (Å²) in [4.78, 5) is 28.8. The van der Waals surface area contributed by atoms with Gasteiger partial charge in [0.15, 0.2) is 0 Å². The van der Waals surface area contributed by atoms with Gasteiger partial charge >= 0.3 is 12.0 Å². The fraction of sp³-hybridized carbons (Fsp3) is 0.500. The van der Waals surface area contributed by atoms with Crippen molar-refractivity contribution in [1.82, 2.24) is 15.5 Å². The van der Waals surface area contributed by atoms with Gasteiger partial charge in [-0.25, -0.2) is 4.79 Å². The number of nitrogens with one attached hydrogen (secondary N) is 2. The van der Waals surface area contributed by atoms with Gasteiger partial charge in [0.1, 0.15) is 29.8 Å². The van der Waals surface area contributed by atoms with Crippen molar-refractivity contribution in [1.29, 1.82) is 0 Å². The van der Waals surface area contributed by atoms with Gasteiger partial charge < -0.3 is 30.3 Å². The summed E-state index contributed by atoms with van der Waals surface area (Å²) in [6, 6.07) is 28.2. The van der Waals surface area contributed by atoms with Crippen LogP contribution in [0.4, 0.5) is 4.79 Å². The standard InChI is InChI=1S/C40H49N3O6/c1-26(40(47,29-13-7-3-8-14-29)30-15-9-4-10-16-30)41-39(46)42-31-19-17-27(18-20-31)21-22-43-34-23-32(24-35(43)37-36(34)49-37)48-38(45)33(25-44)28-11-5-2-6-12-28/h2-16,26-27,31-37,44,47H,17-25H2,1H3,(H2,41,42,46)/t26-,27-,31-,32?,33?,34-,35+,36+,37-/m0/s1. The van der Waals surface area contributed by atoms with Gasteiger partial charge in [0.25, 0.3) is 0 Å². The molecule has 2 bridgehead atoms. The van der Waals surface area contributed by atoms with Gasteiger partial charge in [-0.3, -0.25) is 9.69 Å². The molecule has 7 rings (SSSR count). The van der Waals surface area contributed by atoms with Gasteiger partial charge in [-0.05, 0) is 68.2 Å². The Bertz CT molecular complexity index is 1490. The van der Waals surface area contributed by atoms with Crippen molar-refractivity contribution < 1.29 is 29.3 Å². The minimum atomic E-state index is -1.37. The number of nitrogens with zero attached hydrogens (tertiary/aromatic N) is 1. The number of ether oxygens (including phenoxy) is 2. The number of hydrogen-bond acceptors (Lipinski definition) is 7. The highest BCUT2D eigenvalue weighted by Crippen LogP contribution is 2.49. The molecule has 4 fully saturated rings. The van der Waals surface area contributed by atoms with Crippen LogP contribution in [0.25, 0.3) is 0 Å². The number of esters is 1. The fourth-order valence-corrected chi connectivity index (χ4v) is 8.73. The first-order chi connectivity index (χ1) is 23.8. The maximum atomic E-state index is 13.2. The van der Waals surface area contributed by atoms with E-state index in [1.54, 1.807) is 0 Å². The van der Waals surface area contributed by atoms with E-state index >= 15 is 0 Å². The van der Waals surface area contributed by atoms with Crippen molar-refractivity contribution in [2.45, 2.75) is 106 Å². The molecule has 7 atom stereocenters. The second-order valence-electron chi connectivity index (χ2n) is 14.5. The summed E-state index contributed by atoms with van der Waals surface area (Å²) in [5.74, 6) is -0.407. The lowest BCUT2D eigenvalue weighted by Crippen LogP contribution is -2.54. The van der Waals surface area contributed by atoms with E-state index in [4.69, 9.17) is 9.47 Å². The Morgan fingerprint density at radius 1 is 0.878 bits per heavy atom. The molecule has 2 amide bonds. The Hall–Kier alpha value is -3.76. The number of morpholine rings is 1. The predicted molar refractivity (Wildman–Crippen MR) is 186 cm³/mol. The molecule has 4 aliphatic rings. The van der Waals surface area contributed by atoms with Crippen molar-refractivity contribution in [2.24, 2.45) is 5.92 Å². The summed E-state index contributed by atoms with van der Waals surface area (Å²) in [5.41, 5.74) is 0.869. The zero-order chi connectivity index (χ0) is 34.0. The molecule has 9 heteroatoms. The van der Waals surface area contributed by atoms with Crippen LogP contribution >= 0.6 is 0 Å². The Morgan fingerprint density at radius 2 is 1.43 bits per heavy atom. The Kier molecular flexibility index (Phi) is 10.1. The molecule has 3 aromatic carbocycles. The first kappa shape index (κ1) is 33.7. The van der Waals surface area contributed by atoms with E-state index in [0.29, 0.717) is 5.92 Å². The maximum absolute atomic E-state index is 13.2. The highest BCUT2D eigenvalue weighted by Gasteiger charge is 2.63. The van der Waals surface area contributed by atoms with Crippen LogP contribution in [0.5, 0.6) is 0 Å². The average Bonchev–Trinajstić information content (AvgIpc) is 3.90. The summed E-state index contributed by atoms with van der Waals surface area (Å²) in [6.45, 7) is 2.59. The molecule has 3 saturated heterocycles. The van der Waals surface area contributed by atoms with Gasteiger partial charge in [-0.1, -0.05) is 91.0 Å². The fourth-order valence-electron chi connectivity index (χ4n) is 8.73. The number of urea groups is 1. The molecule has 3 heterocycles. The van der Waals surface area contributed by atoms with Gasteiger partial charge in [0.2, 0.25) is 0 Å². The summed E-state index contributed by atoms with van der Waals surface area (Å²) in [7, 11) is 0. The van der Waals surface area contributed by atoms with Crippen LogP contribution in [0, 0.1) is 5.92 Å². The van der Waals surface area contributed by atoms with Gasteiger partial charge in [-0.2, -0.15) is 0 Å². The van der Waals surface area contributed by atoms with Gasteiger partial charge in [0.05, 0.1) is 12.6 Å². The number of benzene rings is 3. The molecule has 0 aromatic heterocycles. The number of carbonyl (C=O) groups excluding carboxylic acids is 2. The zero-order valence-corrected chi connectivity index (χ0v) is 28.2. The minimum Gasteiger partial charge on any atom is -0.462 e. The van der Waals surface area contributed by atoms with Crippen LogP contribution in [0.3, 0.4) is 0 Å². The number of piperidine rings is 1. The Balaban J connectivity index is 0.867. The van der Waals surface area contributed by atoms with Crippen LogP contribution in [0.2, 0.25) is 0 Å². The van der Waals surface area contributed by atoms with Crippen molar-refractivity contribution in [2.75, 3.05) is 13.2 Å². The second kappa shape index (κ2) is 14.6. The minimum absolute atomic E-state index is 0.103. The number of amides is 2. The maximum Gasteiger partial charge on any atom is 0.316 e. The molecule has 4 N–H and O–H groups in total. The average molecular weight is 668 g/mol. The van der Waals surface area contributed by atoms with Crippen LogP contribution in [-0.2, 0) is 19.9 Å². The zero-order valence-electron chi connectivity index (χ0n) is 28.2. The predicted octanol–water partition coefficient (Wildman–Crippen LogP) is 4.86. The lowest BCUT2D eigenvalue weighted by atomic mass is 9.81. The SMILES string of the molecule is C[C@H](NC(=O)N[C@H]1CC[C@H](CCN2[C@@H]3CC(OC(=O)C(CO)c4ccccc4)C[C@H]2[C@H]2O[C@H]23)CC1)C(O)(c1ccccc1)c1ccccc1. The molecular formula is C40H49N3O6. The monoisotopic (exact) mass is 667 g/mol. The number of aliphatic hydroxyl groups is 2. The number of hydrogen-bond donors (Lipinski definition) is 4. The molecular weight excluding hydrogens is 618 g/mol. The normalized spacial score (nSPS) is 28.9. The van der Waals surface area contributed by atoms with Gasteiger partial charge in [0, 0.05) is 31.0 Å². The topological polar surface area (TPSA) is 124 Å². The molecule has 1 aliphatic carbocycles. The van der Waals surface area contributed by atoms with Crippen LogP contribution in [0.1, 0.15) is 74.5 Å². The van der Waals surface area contributed by atoms with Crippen LogP contribution in [-0.4, -0.2) is 82.7 Å². The molecule has 3 aliphatic heterocycles. The first-order valence-corrected chi connectivity index (χ1v) is 18.0. The summed E-state index contributed by atoms with van der Waals surface area (Å²) in [5, 5.41) is 28.1. The summed E-state index contributed by atoms with van der Waals surface area (Å²) in [6.07, 6.45) is 6.95. The van der Waals surface area contributed by atoms with E-state index in [0.717, 1.165) is 68.2 Å². The van der Waals surface area contributed by atoms with E-state index in [-0.39, 0.29) is 55.0 Å². The van der Waals surface area contributed by atoms with Crippen molar-refractivity contribution in [3.63, 3.8) is 0 Å². The molecule has 1 saturated carbocycles.